The fourth-order valence-electron chi connectivity index (χ4n) is 2.14. The maximum atomic E-state index is 12.2. The van der Waals surface area contributed by atoms with E-state index in [1.54, 1.807) is 6.92 Å². The maximum Gasteiger partial charge on any atom is 0.240 e. The van der Waals surface area contributed by atoms with Crippen LogP contribution < -0.4 is 9.46 Å². The summed E-state index contributed by atoms with van der Waals surface area (Å²) in [6, 6.07) is 6.21. The van der Waals surface area contributed by atoms with Crippen molar-refractivity contribution in [2.75, 3.05) is 19.8 Å². The zero-order valence-electron chi connectivity index (χ0n) is 11.8. The molecular weight excluding hydrogens is 292 g/mol. The zero-order valence-corrected chi connectivity index (χ0v) is 12.6. The Labute approximate surface area is 124 Å². The molecule has 1 atom stereocenters. The predicted octanol–water partition coefficient (Wildman–Crippen LogP) is 1.41. The van der Waals surface area contributed by atoms with E-state index >= 15 is 0 Å². The molecule has 0 aromatic heterocycles. The third kappa shape index (κ3) is 3.94. The Morgan fingerprint density at radius 1 is 1.52 bits per heavy atom. The van der Waals surface area contributed by atoms with Gasteiger partial charge in [-0.15, -0.1) is 0 Å². The molecule has 0 saturated carbocycles. The quantitative estimate of drug-likeness (QED) is 0.858. The van der Waals surface area contributed by atoms with Crippen molar-refractivity contribution >= 4 is 10.0 Å². The van der Waals surface area contributed by atoms with Crippen LogP contribution >= 0.6 is 0 Å². The van der Waals surface area contributed by atoms with E-state index in [4.69, 9.17) is 14.7 Å². The minimum absolute atomic E-state index is 0.0560. The molecule has 1 aromatic rings. The van der Waals surface area contributed by atoms with Gasteiger partial charge in [-0.2, -0.15) is 5.26 Å². The van der Waals surface area contributed by atoms with E-state index in [-0.39, 0.29) is 23.1 Å². The largest absolute Gasteiger partial charge is 0.492 e. The molecule has 2 rings (SSSR count). The second-order valence-electron chi connectivity index (χ2n) is 4.69. The molecule has 1 heterocycles. The van der Waals surface area contributed by atoms with Crippen LogP contribution in [0.4, 0.5) is 0 Å². The first-order valence-electron chi connectivity index (χ1n) is 6.85. The van der Waals surface area contributed by atoms with Crippen molar-refractivity contribution in [2.45, 2.75) is 30.8 Å². The molecule has 1 unspecified atom stereocenters. The summed E-state index contributed by atoms with van der Waals surface area (Å²) in [7, 11) is -3.65. The number of nitrogens with zero attached hydrogens (tertiary/aromatic N) is 1. The van der Waals surface area contributed by atoms with Gasteiger partial charge in [0.15, 0.2) is 0 Å². The summed E-state index contributed by atoms with van der Waals surface area (Å²) in [4.78, 5) is 0.0560. The van der Waals surface area contributed by atoms with Crippen LogP contribution in [0.15, 0.2) is 23.1 Å². The average Bonchev–Trinajstić information content (AvgIpc) is 2.99. The highest BCUT2D eigenvalue weighted by molar-refractivity contribution is 7.89. The summed E-state index contributed by atoms with van der Waals surface area (Å²) < 4.78 is 37.6. The van der Waals surface area contributed by atoms with Gasteiger partial charge >= 0.3 is 0 Å². The number of nitrogens with one attached hydrogen (secondary N) is 1. The van der Waals surface area contributed by atoms with Crippen molar-refractivity contribution in [3.63, 3.8) is 0 Å². The highest BCUT2D eigenvalue weighted by Gasteiger charge is 2.21. The number of hydrogen-bond donors (Lipinski definition) is 1. The van der Waals surface area contributed by atoms with Crippen LogP contribution in [-0.2, 0) is 14.8 Å². The Kier molecular flexibility index (Phi) is 5.17. The van der Waals surface area contributed by atoms with E-state index in [1.165, 1.54) is 18.2 Å². The number of hydrogen-bond acceptors (Lipinski definition) is 5. The number of rotatable bonds is 6. The van der Waals surface area contributed by atoms with Crippen LogP contribution in [0.1, 0.15) is 25.3 Å². The fourth-order valence-corrected chi connectivity index (χ4v) is 3.23. The van der Waals surface area contributed by atoms with Crippen molar-refractivity contribution in [2.24, 2.45) is 0 Å². The van der Waals surface area contributed by atoms with Gasteiger partial charge in [0.25, 0.3) is 0 Å². The molecule has 0 radical (unpaired) electrons. The average molecular weight is 310 g/mol. The minimum atomic E-state index is -3.65. The Morgan fingerprint density at radius 3 is 2.95 bits per heavy atom. The highest BCUT2D eigenvalue weighted by atomic mass is 32.2. The molecule has 0 bridgehead atoms. The molecule has 0 amide bonds. The molecule has 1 aliphatic rings. The lowest BCUT2D eigenvalue weighted by atomic mass is 10.2. The van der Waals surface area contributed by atoms with Gasteiger partial charge < -0.3 is 9.47 Å². The van der Waals surface area contributed by atoms with Crippen LogP contribution in [0.25, 0.3) is 0 Å². The molecule has 0 aliphatic carbocycles. The van der Waals surface area contributed by atoms with Crippen LogP contribution in [-0.4, -0.2) is 34.3 Å². The standard InChI is InChI=1S/C14H18N2O4S/c1-2-19-14-6-5-13(8-11(14)9-15)21(17,18)16-10-12-4-3-7-20-12/h5-6,8,12,16H,2-4,7,10H2,1H3. The Hall–Kier alpha value is -1.62. The SMILES string of the molecule is CCOc1ccc(S(=O)(=O)NCC2CCCO2)cc1C#N. The van der Waals surface area contributed by atoms with E-state index in [0.29, 0.717) is 19.0 Å². The molecule has 21 heavy (non-hydrogen) atoms. The summed E-state index contributed by atoms with van der Waals surface area (Å²) in [6.07, 6.45) is 1.74. The summed E-state index contributed by atoms with van der Waals surface area (Å²) in [5.74, 6) is 0.387. The number of sulfonamides is 1. The van der Waals surface area contributed by atoms with Gasteiger partial charge in [0, 0.05) is 13.2 Å². The topological polar surface area (TPSA) is 88.4 Å². The molecule has 1 fully saturated rings. The first-order chi connectivity index (χ1) is 10.1. The summed E-state index contributed by atoms with van der Waals surface area (Å²) in [5.41, 5.74) is 0.205. The monoisotopic (exact) mass is 310 g/mol. The van der Waals surface area contributed by atoms with Gasteiger partial charge in [-0.05, 0) is 38.0 Å². The molecule has 0 spiro atoms. The summed E-state index contributed by atoms with van der Waals surface area (Å²) in [5, 5.41) is 9.07. The van der Waals surface area contributed by atoms with Crippen molar-refractivity contribution in [1.29, 1.82) is 5.26 Å². The minimum Gasteiger partial charge on any atom is -0.492 e. The smallest absolute Gasteiger partial charge is 0.240 e. The molecule has 1 N–H and O–H groups in total. The highest BCUT2D eigenvalue weighted by Crippen LogP contribution is 2.22. The van der Waals surface area contributed by atoms with E-state index in [1.807, 2.05) is 6.07 Å². The second-order valence-corrected chi connectivity index (χ2v) is 6.46. The van der Waals surface area contributed by atoms with Gasteiger partial charge in [-0.25, -0.2) is 13.1 Å². The molecular formula is C14H18N2O4S. The fraction of sp³-hybridized carbons (Fsp3) is 0.500. The first kappa shape index (κ1) is 15.8. The molecule has 1 aliphatic heterocycles. The predicted molar refractivity (Wildman–Crippen MR) is 76.5 cm³/mol. The lowest BCUT2D eigenvalue weighted by Crippen LogP contribution is -2.31. The van der Waals surface area contributed by atoms with Crippen LogP contribution in [0.3, 0.4) is 0 Å². The van der Waals surface area contributed by atoms with E-state index in [2.05, 4.69) is 4.72 Å². The number of nitriles is 1. The molecule has 114 valence electrons. The third-order valence-electron chi connectivity index (χ3n) is 3.21. The van der Waals surface area contributed by atoms with E-state index in [9.17, 15) is 8.42 Å². The summed E-state index contributed by atoms with van der Waals surface area (Å²) >= 11 is 0. The van der Waals surface area contributed by atoms with Crippen molar-refractivity contribution < 1.29 is 17.9 Å². The van der Waals surface area contributed by atoms with Crippen LogP contribution in [0.2, 0.25) is 0 Å². The van der Waals surface area contributed by atoms with Crippen molar-refractivity contribution in [3.05, 3.63) is 23.8 Å². The lowest BCUT2D eigenvalue weighted by Gasteiger charge is -2.12. The zero-order chi connectivity index (χ0) is 15.3. The molecule has 6 nitrogen and oxygen atoms in total. The van der Waals surface area contributed by atoms with Gasteiger partial charge in [-0.3, -0.25) is 0 Å². The number of ether oxygens (including phenoxy) is 2. The first-order valence-corrected chi connectivity index (χ1v) is 8.33. The Morgan fingerprint density at radius 2 is 2.33 bits per heavy atom. The van der Waals surface area contributed by atoms with E-state index < -0.39 is 10.0 Å². The molecule has 7 heteroatoms. The molecule has 1 aromatic carbocycles. The maximum absolute atomic E-state index is 12.2. The summed E-state index contributed by atoms with van der Waals surface area (Å²) in [6.45, 7) is 3.14. The Balaban J connectivity index is 2.13. The van der Waals surface area contributed by atoms with Gasteiger partial charge in [0.2, 0.25) is 10.0 Å². The number of benzene rings is 1. The van der Waals surface area contributed by atoms with Gasteiger partial charge in [-0.1, -0.05) is 0 Å². The molecule has 1 saturated heterocycles. The van der Waals surface area contributed by atoms with Gasteiger partial charge in [0.1, 0.15) is 11.8 Å². The van der Waals surface area contributed by atoms with E-state index in [0.717, 1.165) is 12.8 Å². The van der Waals surface area contributed by atoms with Crippen molar-refractivity contribution in [3.8, 4) is 11.8 Å². The van der Waals surface area contributed by atoms with Crippen LogP contribution in [0, 0.1) is 11.3 Å². The lowest BCUT2D eigenvalue weighted by molar-refractivity contribution is 0.114. The van der Waals surface area contributed by atoms with Crippen LogP contribution in [0.5, 0.6) is 5.75 Å². The Bertz CT molecular complexity index is 631. The second kappa shape index (κ2) is 6.89. The normalized spacial score (nSPS) is 18.4. The van der Waals surface area contributed by atoms with Crippen molar-refractivity contribution in [1.82, 2.24) is 4.72 Å². The third-order valence-corrected chi connectivity index (χ3v) is 4.63. The van der Waals surface area contributed by atoms with Gasteiger partial charge in [0.05, 0.1) is 23.2 Å².